The largest absolute Gasteiger partial charge is 0.379 e. The fourth-order valence-electron chi connectivity index (χ4n) is 3.24. The fraction of sp³-hybridized carbons (Fsp3) is 0.550. The first kappa shape index (κ1) is 22.7. The number of rotatable bonds is 9. The summed E-state index contributed by atoms with van der Waals surface area (Å²) in [6, 6.07) is 2.13. The molecular weight excluding hydrogens is 418 g/mol. The highest BCUT2D eigenvalue weighted by Crippen LogP contribution is 2.23. The van der Waals surface area contributed by atoms with Crippen molar-refractivity contribution in [3.8, 4) is 6.07 Å². The Morgan fingerprint density at radius 2 is 2.16 bits per heavy atom. The Morgan fingerprint density at radius 3 is 2.84 bits per heavy atom. The number of aromatic amines is 1. The number of carbonyl (C=O) groups excluding carboxylic acids is 1. The summed E-state index contributed by atoms with van der Waals surface area (Å²) >= 11 is 1.37. The molecule has 0 unspecified atom stereocenters. The molecule has 0 bridgehead atoms. The average Bonchev–Trinajstić information content (AvgIpc) is 3.28. The van der Waals surface area contributed by atoms with Crippen molar-refractivity contribution < 1.29 is 9.53 Å². The normalized spacial score (nSPS) is 14.9. The molecule has 1 fully saturated rings. The van der Waals surface area contributed by atoms with Crippen LogP contribution in [0.25, 0.3) is 0 Å². The van der Waals surface area contributed by atoms with E-state index < -0.39 is 0 Å². The van der Waals surface area contributed by atoms with Crippen molar-refractivity contribution in [3.63, 3.8) is 0 Å². The summed E-state index contributed by atoms with van der Waals surface area (Å²) in [5.74, 6) is 0.0761. The Morgan fingerprint density at radius 1 is 1.39 bits per heavy atom. The molecule has 166 valence electrons. The van der Waals surface area contributed by atoms with Crippen LogP contribution < -0.4 is 15.8 Å². The maximum absolute atomic E-state index is 12.5. The Bertz CT molecular complexity index is 976. The third kappa shape index (κ3) is 6.02. The predicted octanol–water partition coefficient (Wildman–Crippen LogP) is 1.35. The molecule has 3 rings (SSSR count). The van der Waals surface area contributed by atoms with Gasteiger partial charge in [-0.15, -0.1) is 0 Å². The number of anilines is 2. The second kappa shape index (κ2) is 10.9. The lowest BCUT2D eigenvalue weighted by atomic mass is 10.2. The number of nitrogens with zero attached hydrogens (tertiary/aromatic N) is 5. The molecule has 11 heteroatoms. The summed E-state index contributed by atoms with van der Waals surface area (Å²) in [5, 5.41) is 19.3. The SMILES string of the molecule is CC[C@@H](COCCC(=O)N1CCN(c2ncc(C#N)s2)CC1)Nc1cn[nH]c(=O)c1C. The molecule has 2 aromatic rings. The third-order valence-electron chi connectivity index (χ3n) is 5.24. The summed E-state index contributed by atoms with van der Waals surface area (Å²) in [4.78, 5) is 33.0. The summed E-state index contributed by atoms with van der Waals surface area (Å²) in [6.07, 6.45) is 4.32. The monoisotopic (exact) mass is 445 g/mol. The fourth-order valence-corrected chi connectivity index (χ4v) is 4.00. The summed E-state index contributed by atoms with van der Waals surface area (Å²) < 4.78 is 5.73. The zero-order valence-electron chi connectivity index (χ0n) is 17.8. The molecule has 1 saturated heterocycles. The number of thiazole rings is 1. The molecule has 1 amide bonds. The molecule has 2 N–H and O–H groups in total. The van der Waals surface area contributed by atoms with Crippen molar-refractivity contribution >= 4 is 28.1 Å². The van der Waals surface area contributed by atoms with Crippen molar-refractivity contribution in [1.29, 1.82) is 5.26 Å². The zero-order valence-corrected chi connectivity index (χ0v) is 18.6. The molecule has 3 heterocycles. The van der Waals surface area contributed by atoms with Gasteiger partial charge in [-0.2, -0.15) is 10.4 Å². The average molecular weight is 446 g/mol. The number of carbonyl (C=O) groups is 1. The quantitative estimate of drug-likeness (QED) is 0.554. The van der Waals surface area contributed by atoms with Crippen molar-refractivity contribution in [2.24, 2.45) is 0 Å². The minimum Gasteiger partial charge on any atom is -0.379 e. The maximum atomic E-state index is 12.5. The van der Waals surface area contributed by atoms with Gasteiger partial charge in [-0.1, -0.05) is 18.3 Å². The van der Waals surface area contributed by atoms with Crippen LogP contribution in [0.2, 0.25) is 0 Å². The van der Waals surface area contributed by atoms with Crippen LogP contribution in [0, 0.1) is 18.3 Å². The number of piperazine rings is 1. The van der Waals surface area contributed by atoms with Crippen molar-refractivity contribution in [2.75, 3.05) is 49.6 Å². The lowest BCUT2D eigenvalue weighted by molar-refractivity contribution is -0.132. The van der Waals surface area contributed by atoms with E-state index >= 15 is 0 Å². The number of hydrogen-bond donors (Lipinski definition) is 2. The molecule has 2 aromatic heterocycles. The number of nitrogens with one attached hydrogen (secondary N) is 2. The van der Waals surface area contributed by atoms with Gasteiger partial charge in [-0.3, -0.25) is 9.59 Å². The van der Waals surface area contributed by atoms with Gasteiger partial charge >= 0.3 is 0 Å². The van der Waals surface area contributed by atoms with Crippen LogP contribution in [0.15, 0.2) is 17.2 Å². The summed E-state index contributed by atoms with van der Waals surface area (Å²) in [5.41, 5.74) is 1.06. The minimum atomic E-state index is -0.216. The van der Waals surface area contributed by atoms with Crippen molar-refractivity contribution in [2.45, 2.75) is 32.7 Å². The van der Waals surface area contributed by atoms with E-state index in [0.717, 1.165) is 11.6 Å². The number of nitriles is 1. The molecule has 0 aliphatic carbocycles. The molecule has 0 aromatic carbocycles. The number of hydrogen-bond acceptors (Lipinski definition) is 9. The number of aromatic nitrogens is 3. The Hall–Kier alpha value is -2.97. The molecule has 1 aliphatic heterocycles. The van der Waals surface area contributed by atoms with E-state index in [0.29, 0.717) is 61.9 Å². The highest BCUT2D eigenvalue weighted by atomic mass is 32.1. The lowest BCUT2D eigenvalue weighted by Crippen LogP contribution is -2.49. The van der Waals surface area contributed by atoms with E-state index in [1.165, 1.54) is 11.3 Å². The molecular formula is C20H27N7O3S. The lowest BCUT2D eigenvalue weighted by Gasteiger charge is -2.34. The van der Waals surface area contributed by atoms with Crippen LogP contribution in [0.3, 0.4) is 0 Å². The molecule has 1 atom stereocenters. The number of H-pyrrole nitrogens is 1. The third-order valence-corrected chi connectivity index (χ3v) is 6.21. The Kier molecular flexibility index (Phi) is 7.97. The number of amides is 1. The van der Waals surface area contributed by atoms with Gasteiger partial charge in [0.25, 0.3) is 5.56 Å². The van der Waals surface area contributed by atoms with Crippen molar-refractivity contribution in [3.05, 3.63) is 33.2 Å². The van der Waals surface area contributed by atoms with Crippen LogP contribution in [0.5, 0.6) is 0 Å². The van der Waals surface area contributed by atoms with Gasteiger partial charge in [0.1, 0.15) is 10.9 Å². The van der Waals surface area contributed by atoms with E-state index in [1.54, 1.807) is 19.3 Å². The minimum absolute atomic E-state index is 0.0255. The first-order valence-electron chi connectivity index (χ1n) is 10.3. The van der Waals surface area contributed by atoms with Crippen LogP contribution >= 0.6 is 11.3 Å². The topological polar surface area (TPSA) is 127 Å². The standard InChI is InChI=1S/C20H27N7O3S/c1-3-15(24-17-12-23-25-19(29)14(17)2)13-30-9-4-18(28)26-5-7-27(8-6-26)20-22-11-16(10-21)31-20/h11-12,15H,3-9,13H2,1-2H3,(H2,24,25,29)/t15-/m0/s1. The van der Waals surface area contributed by atoms with Crippen molar-refractivity contribution in [1.82, 2.24) is 20.1 Å². The van der Waals surface area contributed by atoms with Crippen LogP contribution in [-0.4, -0.2) is 71.4 Å². The summed E-state index contributed by atoms with van der Waals surface area (Å²) in [7, 11) is 0. The Labute approximate surface area is 184 Å². The van der Waals surface area contributed by atoms with E-state index in [-0.39, 0.29) is 17.5 Å². The molecule has 0 radical (unpaired) electrons. The molecule has 0 spiro atoms. The second-order valence-corrected chi connectivity index (χ2v) is 8.31. The first-order chi connectivity index (χ1) is 15.0. The van der Waals surface area contributed by atoms with Crippen LogP contribution in [-0.2, 0) is 9.53 Å². The summed E-state index contributed by atoms with van der Waals surface area (Å²) in [6.45, 7) is 7.24. The van der Waals surface area contributed by atoms with Gasteiger partial charge in [0.2, 0.25) is 5.91 Å². The van der Waals surface area contributed by atoms with Gasteiger partial charge in [-0.25, -0.2) is 10.1 Å². The van der Waals surface area contributed by atoms with E-state index in [4.69, 9.17) is 10.00 Å². The zero-order chi connectivity index (χ0) is 22.2. The van der Waals surface area contributed by atoms with E-state index in [1.807, 2.05) is 11.8 Å². The van der Waals surface area contributed by atoms with Gasteiger partial charge in [0, 0.05) is 37.8 Å². The molecule has 10 nitrogen and oxygen atoms in total. The van der Waals surface area contributed by atoms with Gasteiger partial charge in [0.15, 0.2) is 5.13 Å². The highest BCUT2D eigenvalue weighted by molar-refractivity contribution is 7.16. The first-order valence-corrected chi connectivity index (χ1v) is 11.1. The predicted molar refractivity (Wildman–Crippen MR) is 118 cm³/mol. The van der Waals surface area contributed by atoms with Gasteiger partial charge in [-0.05, 0) is 13.3 Å². The van der Waals surface area contributed by atoms with E-state index in [9.17, 15) is 9.59 Å². The van der Waals surface area contributed by atoms with E-state index in [2.05, 4.69) is 31.5 Å². The van der Waals surface area contributed by atoms with Crippen LogP contribution in [0.1, 0.15) is 30.2 Å². The Balaban J connectivity index is 1.37. The van der Waals surface area contributed by atoms with Gasteiger partial charge < -0.3 is 19.9 Å². The highest BCUT2D eigenvalue weighted by Gasteiger charge is 2.22. The molecule has 1 aliphatic rings. The maximum Gasteiger partial charge on any atom is 0.269 e. The second-order valence-electron chi connectivity index (χ2n) is 7.30. The van der Waals surface area contributed by atoms with Crippen LogP contribution in [0.4, 0.5) is 10.8 Å². The molecule has 31 heavy (non-hydrogen) atoms. The number of ether oxygens (including phenoxy) is 1. The van der Waals surface area contributed by atoms with Gasteiger partial charge in [0.05, 0.1) is 37.7 Å². The molecule has 0 saturated carbocycles. The smallest absolute Gasteiger partial charge is 0.269 e.